The molecule has 0 unspecified atom stereocenters. The summed E-state index contributed by atoms with van der Waals surface area (Å²) in [6.45, 7) is 3.99. The van der Waals surface area contributed by atoms with Crippen molar-refractivity contribution in [1.82, 2.24) is 10.9 Å². The van der Waals surface area contributed by atoms with E-state index in [4.69, 9.17) is 9.47 Å². The summed E-state index contributed by atoms with van der Waals surface area (Å²) in [7, 11) is 0. The summed E-state index contributed by atoms with van der Waals surface area (Å²) >= 11 is 0. The van der Waals surface area contributed by atoms with Crippen LogP contribution in [-0.4, -0.2) is 18.4 Å². The van der Waals surface area contributed by atoms with Gasteiger partial charge in [0.1, 0.15) is 18.1 Å². The second-order valence-corrected chi connectivity index (χ2v) is 6.86. The van der Waals surface area contributed by atoms with Crippen molar-refractivity contribution >= 4 is 11.8 Å². The van der Waals surface area contributed by atoms with Crippen LogP contribution in [0.15, 0.2) is 72.8 Å². The van der Waals surface area contributed by atoms with Gasteiger partial charge in [0.2, 0.25) is 0 Å². The van der Waals surface area contributed by atoms with Gasteiger partial charge in [0.25, 0.3) is 11.8 Å². The van der Waals surface area contributed by atoms with Gasteiger partial charge in [-0.15, -0.1) is 0 Å². The molecule has 154 valence electrons. The van der Waals surface area contributed by atoms with Crippen LogP contribution in [0.4, 0.5) is 0 Å². The lowest BCUT2D eigenvalue weighted by Gasteiger charge is -2.11. The molecule has 0 spiro atoms. The zero-order valence-electron chi connectivity index (χ0n) is 17.0. The fourth-order valence-corrected chi connectivity index (χ4v) is 2.73. The molecular formula is C24H24N2O4. The molecule has 3 rings (SSSR count). The van der Waals surface area contributed by atoms with Crippen LogP contribution in [0.1, 0.15) is 27.0 Å². The van der Waals surface area contributed by atoms with Crippen molar-refractivity contribution in [3.8, 4) is 11.5 Å². The van der Waals surface area contributed by atoms with E-state index < -0.39 is 5.91 Å². The molecule has 0 bridgehead atoms. The van der Waals surface area contributed by atoms with Crippen LogP contribution in [-0.2, 0) is 11.4 Å². The van der Waals surface area contributed by atoms with E-state index in [-0.39, 0.29) is 12.5 Å². The number of ether oxygens (including phenoxy) is 2. The molecule has 2 N–H and O–H groups in total. The number of amides is 2. The van der Waals surface area contributed by atoms with Crippen molar-refractivity contribution in [3.05, 3.63) is 95.1 Å². The van der Waals surface area contributed by atoms with E-state index in [0.29, 0.717) is 23.7 Å². The normalized spacial score (nSPS) is 10.2. The van der Waals surface area contributed by atoms with Gasteiger partial charge in [-0.05, 0) is 55.3 Å². The molecule has 6 nitrogen and oxygen atoms in total. The molecular weight excluding hydrogens is 380 g/mol. The van der Waals surface area contributed by atoms with Gasteiger partial charge in [-0.2, -0.15) is 0 Å². The average Bonchev–Trinajstić information content (AvgIpc) is 2.77. The lowest BCUT2D eigenvalue weighted by molar-refractivity contribution is -0.123. The number of benzene rings is 3. The molecule has 6 heteroatoms. The van der Waals surface area contributed by atoms with Gasteiger partial charge in [-0.25, -0.2) is 0 Å². The zero-order chi connectivity index (χ0) is 21.3. The second-order valence-electron chi connectivity index (χ2n) is 6.86. The van der Waals surface area contributed by atoms with Gasteiger partial charge in [0.15, 0.2) is 6.61 Å². The molecule has 3 aromatic rings. The molecule has 0 aliphatic carbocycles. The molecule has 3 aromatic carbocycles. The maximum atomic E-state index is 12.2. The Labute approximate surface area is 175 Å². The van der Waals surface area contributed by atoms with Crippen LogP contribution < -0.4 is 20.3 Å². The molecule has 0 aromatic heterocycles. The monoisotopic (exact) mass is 404 g/mol. The molecule has 0 radical (unpaired) electrons. The first-order chi connectivity index (χ1) is 14.5. The Kier molecular flexibility index (Phi) is 7.05. The number of hydrogen-bond acceptors (Lipinski definition) is 4. The second kappa shape index (κ2) is 10.1. The van der Waals surface area contributed by atoms with E-state index in [1.165, 1.54) is 0 Å². The number of carbonyl (C=O) groups excluding carboxylic acids is 2. The van der Waals surface area contributed by atoms with Crippen LogP contribution in [0.3, 0.4) is 0 Å². The summed E-state index contributed by atoms with van der Waals surface area (Å²) in [5.41, 5.74) is 8.16. The van der Waals surface area contributed by atoms with Crippen LogP contribution in [0.25, 0.3) is 0 Å². The standard InChI is InChI=1S/C24H24N2O4/c1-17-8-9-18(2)22(14-17)24(28)26-25-23(27)16-30-21-12-10-20(11-13-21)29-15-19-6-4-3-5-7-19/h3-14H,15-16H2,1-2H3,(H,25,27)(H,26,28). The third kappa shape index (κ3) is 6.10. The van der Waals surface area contributed by atoms with Crippen molar-refractivity contribution in [2.45, 2.75) is 20.5 Å². The first kappa shape index (κ1) is 20.9. The Bertz CT molecular complexity index is 1000. The van der Waals surface area contributed by atoms with Gasteiger partial charge < -0.3 is 9.47 Å². The van der Waals surface area contributed by atoms with E-state index in [2.05, 4.69) is 10.9 Å². The van der Waals surface area contributed by atoms with Gasteiger partial charge >= 0.3 is 0 Å². The van der Waals surface area contributed by atoms with Crippen molar-refractivity contribution in [1.29, 1.82) is 0 Å². The predicted molar refractivity (Wildman–Crippen MR) is 114 cm³/mol. The molecule has 0 aliphatic rings. The van der Waals surface area contributed by atoms with Gasteiger partial charge in [-0.3, -0.25) is 20.4 Å². The molecule has 2 amide bonds. The lowest BCUT2D eigenvalue weighted by Crippen LogP contribution is -2.44. The lowest BCUT2D eigenvalue weighted by atomic mass is 10.1. The minimum Gasteiger partial charge on any atom is -0.489 e. The number of carbonyl (C=O) groups is 2. The summed E-state index contributed by atoms with van der Waals surface area (Å²) in [4.78, 5) is 24.2. The molecule has 30 heavy (non-hydrogen) atoms. The zero-order valence-corrected chi connectivity index (χ0v) is 17.0. The largest absolute Gasteiger partial charge is 0.489 e. The highest BCUT2D eigenvalue weighted by Crippen LogP contribution is 2.18. The highest BCUT2D eigenvalue weighted by atomic mass is 16.5. The highest BCUT2D eigenvalue weighted by molar-refractivity contribution is 5.96. The summed E-state index contributed by atoms with van der Waals surface area (Å²) in [6, 6.07) is 22.4. The van der Waals surface area contributed by atoms with Crippen molar-refractivity contribution in [3.63, 3.8) is 0 Å². The average molecular weight is 404 g/mol. The maximum Gasteiger partial charge on any atom is 0.276 e. The molecule has 0 aliphatic heterocycles. The number of nitrogens with one attached hydrogen (secondary N) is 2. The molecule has 0 saturated carbocycles. The Morgan fingerprint density at radius 3 is 2.17 bits per heavy atom. The highest BCUT2D eigenvalue weighted by Gasteiger charge is 2.11. The minimum atomic E-state index is -0.460. The molecule has 0 fully saturated rings. The fraction of sp³-hybridized carbons (Fsp3) is 0.167. The summed E-state index contributed by atoms with van der Waals surface area (Å²) in [5, 5.41) is 0. The third-order valence-electron chi connectivity index (χ3n) is 4.40. The SMILES string of the molecule is Cc1ccc(C)c(C(=O)NNC(=O)COc2ccc(OCc3ccccc3)cc2)c1. The summed E-state index contributed by atoms with van der Waals surface area (Å²) < 4.78 is 11.2. The first-order valence-corrected chi connectivity index (χ1v) is 9.57. The number of aryl methyl sites for hydroxylation is 2. The van der Waals surface area contributed by atoms with E-state index in [0.717, 1.165) is 16.7 Å². The summed E-state index contributed by atoms with van der Waals surface area (Å²) in [6.07, 6.45) is 0. The van der Waals surface area contributed by atoms with Crippen molar-refractivity contribution in [2.75, 3.05) is 6.61 Å². The van der Waals surface area contributed by atoms with Gasteiger partial charge in [0, 0.05) is 5.56 Å². The number of rotatable bonds is 7. The fourth-order valence-electron chi connectivity index (χ4n) is 2.73. The van der Waals surface area contributed by atoms with Gasteiger partial charge in [-0.1, -0.05) is 48.0 Å². The minimum absolute atomic E-state index is 0.225. The summed E-state index contributed by atoms with van der Waals surface area (Å²) in [5.74, 6) is 0.400. The van der Waals surface area contributed by atoms with Crippen LogP contribution in [0, 0.1) is 13.8 Å². The van der Waals surface area contributed by atoms with E-state index >= 15 is 0 Å². The van der Waals surface area contributed by atoms with Crippen molar-refractivity contribution in [2.24, 2.45) is 0 Å². The van der Waals surface area contributed by atoms with E-state index in [1.807, 2.05) is 56.3 Å². The van der Waals surface area contributed by atoms with E-state index in [1.54, 1.807) is 30.3 Å². The number of hydrazine groups is 1. The Morgan fingerprint density at radius 2 is 1.47 bits per heavy atom. The maximum absolute atomic E-state index is 12.2. The van der Waals surface area contributed by atoms with E-state index in [9.17, 15) is 9.59 Å². The van der Waals surface area contributed by atoms with Gasteiger partial charge in [0.05, 0.1) is 0 Å². The molecule has 0 atom stereocenters. The topological polar surface area (TPSA) is 76.7 Å². The smallest absolute Gasteiger partial charge is 0.276 e. The number of hydrogen-bond donors (Lipinski definition) is 2. The first-order valence-electron chi connectivity index (χ1n) is 9.57. The van der Waals surface area contributed by atoms with Crippen LogP contribution in [0.5, 0.6) is 11.5 Å². The quantitative estimate of drug-likeness (QED) is 0.589. The third-order valence-corrected chi connectivity index (χ3v) is 4.40. The van der Waals surface area contributed by atoms with Crippen LogP contribution in [0.2, 0.25) is 0 Å². The molecule has 0 heterocycles. The molecule has 0 saturated heterocycles. The van der Waals surface area contributed by atoms with Crippen LogP contribution >= 0.6 is 0 Å². The Morgan fingerprint density at radius 1 is 0.800 bits per heavy atom. The van der Waals surface area contributed by atoms with Crippen molar-refractivity contribution < 1.29 is 19.1 Å². The predicted octanol–water partition coefficient (Wildman–Crippen LogP) is 3.72. The Hall–Kier alpha value is -3.80. The Balaban J connectivity index is 1.42.